The highest BCUT2D eigenvalue weighted by Gasteiger charge is 2.49. The summed E-state index contributed by atoms with van der Waals surface area (Å²) in [6.45, 7) is 2.85. The minimum Gasteiger partial charge on any atom is -0.461 e. The Hall–Kier alpha value is -2.92. The van der Waals surface area contributed by atoms with Crippen LogP contribution in [0.25, 0.3) is 11.5 Å². The fourth-order valence-electron chi connectivity index (χ4n) is 6.69. The van der Waals surface area contributed by atoms with Crippen molar-refractivity contribution in [2.45, 2.75) is 69.4 Å². The Morgan fingerprint density at radius 1 is 1.00 bits per heavy atom. The number of benzene rings is 2. The van der Waals surface area contributed by atoms with E-state index in [2.05, 4.69) is 29.2 Å². The van der Waals surface area contributed by atoms with Crippen molar-refractivity contribution < 1.29 is 13.9 Å². The van der Waals surface area contributed by atoms with E-state index in [0.29, 0.717) is 17.7 Å². The van der Waals surface area contributed by atoms with E-state index < -0.39 is 5.41 Å². The second kappa shape index (κ2) is 10.2. The summed E-state index contributed by atoms with van der Waals surface area (Å²) in [6, 6.07) is 20.4. The van der Waals surface area contributed by atoms with Gasteiger partial charge in [-0.05, 0) is 55.8 Å². The highest BCUT2D eigenvalue weighted by Crippen LogP contribution is 2.46. The van der Waals surface area contributed by atoms with Crippen LogP contribution in [0, 0.1) is 11.8 Å². The third-order valence-corrected chi connectivity index (χ3v) is 8.78. The van der Waals surface area contributed by atoms with Crippen LogP contribution in [0.1, 0.15) is 62.6 Å². The standard InChI is InChI=1S/C31H36N2O3/c34-30(31(16-9-1-2-10-17-31)25-13-7-4-8-14-25)36-28-19-24-20-33(18-15-27(24)28)21-26-22-35-29(32-26)23-11-5-3-6-12-23/h3-8,11-14,22,24,27-28H,1-2,9-10,15-21H2/t24?,27?,28-/m0/s1. The largest absolute Gasteiger partial charge is 0.461 e. The van der Waals surface area contributed by atoms with Crippen LogP contribution in [0.2, 0.25) is 0 Å². The van der Waals surface area contributed by atoms with Gasteiger partial charge in [-0.2, -0.15) is 0 Å². The number of esters is 1. The predicted molar refractivity (Wildman–Crippen MR) is 139 cm³/mol. The smallest absolute Gasteiger partial charge is 0.316 e. The first-order valence-corrected chi connectivity index (χ1v) is 13.7. The number of piperidine rings is 1. The highest BCUT2D eigenvalue weighted by atomic mass is 16.5. The van der Waals surface area contributed by atoms with Crippen LogP contribution in [-0.2, 0) is 21.5 Å². The molecule has 0 spiro atoms. The Bertz CT molecular complexity index is 1150. The van der Waals surface area contributed by atoms with E-state index in [4.69, 9.17) is 14.1 Å². The first-order valence-electron chi connectivity index (χ1n) is 13.7. The number of carbonyl (C=O) groups excluding carboxylic acids is 1. The summed E-state index contributed by atoms with van der Waals surface area (Å²) in [7, 11) is 0. The van der Waals surface area contributed by atoms with Gasteiger partial charge < -0.3 is 9.15 Å². The van der Waals surface area contributed by atoms with Gasteiger partial charge in [-0.1, -0.05) is 74.2 Å². The average molecular weight is 485 g/mol. The molecule has 1 aliphatic heterocycles. The first kappa shape index (κ1) is 23.5. The zero-order valence-corrected chi connectivity index (χ0v) is 21.0. The summed E-state index contributed by atoms with van der Waals surface area (Å²) in [5.41, 5.74) is 2.67. The first-order chi connectivity index (χ1) is 17.7. The molecule has 0 radical (unpaired) electrons. The average Bonchev–Trinajstić information content (AvgIpc) is 3.23. The molecule has 1 saturated heterocycles. The molecule has 3 aliphatic rings. The van der Waals surface area contributed by atoms with Crippen LogP contribution in [0.4, 0.5) is 0 Å². The molecule has 3 aromatic rings. The van der Waals surface area contributed by atoms with Crippen molar-refractivity contribution in [3.63, 3.8) is 0 Å². The molecular formula is C31H36N2O3. The maximum Gasteiger partial charge on any atom is 0.316 e. The van der Waals surface area contributed by atoms with Gasteiger partial charge in [-0.3, -0.25) is 9.69 Å². The Morgan fingerprint density at radius 2 is 1.72 bits per heavy atom. The number of hydrogen-bond acceptors (Lipinski definition) is 5. The molecule has 36 heavy (non-hydrogen) atoms. The van der Waals surface area contributed by atoms with Crippen molar-refractivity contribution in [2.75, 3.05) is 13.1 Å². The molecule has 0 bridgehead atoms. The van der Waals surface area contributed by atoms with E-state index in [9.17, 15) is 4.79 Å². The van der Waals surface area contributed by atoms with E-state index >= 15 is 0 Å². The maximum absolute atomic E-state index is 13.7. The van der Waals surface area contributed by atoms with Crippen molar-refractivity contribution >= 4 is 5.97 Å². The van der Waals surface area contributed by atoms with Gasteiger partial charge in [0.1, 0.15) is 12.4 Å². The molecular weight excluding hydrogens is 448 g/mol. The van der Waals surface area contributed by atoms with E-state index in [1.54, 1.807) is 6.26 Å². The van der Waals surface area contributed by atoms with Crippen LogP contribution in [0.5, 0.6) is 0 Å². The molecule has 1 aromatic heterocycles. The van der Waals surface area contributed by atoms with E-state index in [1.807, 2.05) is 36.4 Å². The van der Waals surface area contributed by atoms with Gasteiger partial charge in [0.15, 0.2) is 0 Å². The third kappa shape index (κ3) is 4.61. The summed E-state index contributed by atoms with van der Waals surface area (Å²) in [4.78, 5) is 20.9. The molecule has 2 unspecified atom stereocenters. The number of aromatic nitrogens is 1. The normalized spacial score (nSPS) is 25.8. The lowest BCUT2D eigenvalue weighted by molar-refractivity contribution is -0.176. The maximum atomic E-state index is 13.7. The number of carbonyl (C=O) groups is 1. The van der Waals surface area contributed by atoms with Crippen LogP contribution in [0.15, 0.2) is 71.3 Å². The quantitative estimate of drug-likeness (QED) is 0.300. The number of likely N-dealkylation sites (tertiary alicyclic amines) is 1. The molecule has 3 atom stereocenters. The minimum atomic E-state index is -0.465. The summed E-state index contributed by atoms with van der Waals surface area (Å²) >= 11 is 0. The number of ether oxygens (including phenoxy) is 1. The lowest BCUT2D eigenvalue weighted by atomic mass is 9.66. The lowest BCUT2D eigenvalue weighted by Crippen LogP contribution is -2.55. The van der Waals surface area contributed by atoms with Gasteiger partial charge in [0.2, 0.25) is 5.89 Å². The summed E-state index contributed by atoms with van der Waals surface area (Å²) < 4.78 is 12.1. The molecule has 6 rings (SSSR count). The SMILES string of the molecule is O=C(O[C@H]1CC2CN(Cc3coc(-c4ccccc4)n3)CCC21)C1(c2ccccc2)CCCCCC1. The number of fused-ring (bicyclic) bond motifs is 1. The molecule has 5 nitrogen and oxygen atoms in total. The van der Waals surface area contributed by atoms with Gasteiger partial charge in [0.25, 0.3) is 0 Å². The van der Waals surface area contributed by atoms with Gasteiger partial charge in [-0.25, -0.2) is 4.98 Å². The van der Waals surface area contributed by atoms with Crippen LogP contribution >= 0.6 is 0 Å². The summed E-state index contributed by atoms with van der Waals surface area (Å²) in [6.07, 6.45) is 10.4. The molecule has 188 valence electrons. The van der Waals surface area contributed by atoms with Crippen molar-refractivity contribution in [3.05, 3.63) is 78.2 Å². The van der Waals surface area contributed by atoms with Crippen molar-refractivity contribution in [2.24, 2.45) is 11.8 Å². The zero-order valence-electron chi connectivity index (χ0n) is 21.0. The second-order valence-corrected chi connectivity index (χ2v) is 11.0. The lowest BCUT2D eigenvalue weighted by Gasteiger charge is -2.50. The second-order valence-electron chi connectivity index (χ2n) is 11.0. The fourth-order valence-corrected chi connectivity index (χ4v) is 6.69. The molecule has 2 aromatic carbocycles. The van der Waals surface area contributed by atoms with E-state index in [1.165, 1.54) is 12.8 Å². The Balaban J connectivity index is 1.06. The van der Waals surface area contributed by atoms with Crippen molar-refractivity contribution in [1.29, 1.82) is 0 Å². The van der Waals surface area contributed by atoms with Gasteiger partial charge >= 0.3 is 5.97 Å². The van der Waals surface area contributed by atoms with Crippen LogP contribution in [-0.4, -0.2) is 35.0 Å². The third-order valence-electron chi connectivity index (χ3n) is 8.78. The van der Waals surface area contributed by atoms with Crippen molar-refractivity contribution in [1.82, 2.24) is 9.88 Å². The fraction of sp³-hybridized carbons (Fsp3) is 0.484. The molecule has 2 saturated carbocycles. The topological polar surface area (TPSA) is 55.6 Å². The Morgan fingerprint density at radius 3 is 2.44 bits per heavy atom. The van der Waals surface area contributed by atoms with Gasteiger partial charge in [-0.15, -0.1) is 0 Å². The Labute approximate surface area is 213 Å². The summed E-state index contributed by atoms with van der Waals surface area (Å²) in [5, 5.41) is 0. The molecule has 2 heterocycles. The minimum absolute atomic E-state index is 0.0255. The van der Waals surface area contributed by atoms with E-state index in [0.717, 1.165) is 75.0 Å². The number of oxazole rings is 1. The zero-order chi connectivity index (χ0) is 24.4. The summed E-state index contributed by atoms with van der Waals surface area (Å²) in [5.74, 6) is 1.79. The molecule has 2 aliphatic carbocycles. The molecule has 0 amide bonds. The Kier molecular flexibility index (Phi) is 6.66. The monoisotopic (exact) mass is 484 g/mol. The molecule has 5 heteroatoms. The van der Waals surface area contributed by atoms with E-state index in [-0.39, 0.29) is 12.1 Å². The molecule has 3 fully saturated rings. The highest BCUT2D eigenvalue weighted by molar-refractivity contribution is 5.83. The predicted octanol–water partition coefficient (Wildman–Crippen LogP) is 6.39. The van der Waals surface area contributed by atoms with Gasteiger partial charge in [0, 0.05) is 24.6 Å². The van der Waals surface area contributed by atoms with Crippen LogP contribution in [0.3, 0.4) is 0 Å². The molecule has 0 N–H and O–H groups in total. The van der Waals surface area contributed by atoms with Crippen LogP contribution < -0.4 is 0 Å². The van der Waals surface area contributed by atoms with Crippen molar-refractivity contribution in [3.8, 4) is 11.5 Å². The van der Waals surface area contributed by atoms with Gasteiger partial charge in [0.05, 0.1) is 11.1 Å². The number of hydrogen-bond donors (Lipinski definition) is 0. The number of rotatable bonds is 6. The number of nitrogens with zero attached hydrogens (tertiary/aromatic N) is 2.